The van der Waals surface area contributed by atoms with Crippen molar-refractivity contribution in [1.82, 2.24) is 22.8 Å². The molecule has 2 saturated heterocycles. The van der Waals surface area contributed by atoms with Gasteiger partial charge in [0, 0.05) is 28.2 Å². The van der Waals surface area contributed by atoms with Gasteiger partial charge in [0.1, 0.15) is 0 Å². The fourth-order valence-electron chi connectivity index (χ4n) is 2.92. The van der Waals surface area contributed by atoms with E-state index in [2.05, 4.69) is 46.9 Å². The molecule has 2 heterocycles. The van der Waals surface area contributed by atoms with Crippen molar-refractivity contribution in [3.8, 4) is 0 Å². The average molecular weight is 484 g/mol. The van der Waals surface area contributed by atoms with Crippen LogP contribution >= 0.6 is 7.87 Å². The molecule has 0 aromatic heterocycles. The summed E-state index contributed by atoms with van der Waals surface area (Å²) in [6.07, 6.45) is 0. The molecule has 0 radical (unpaired) electrons. The van der Waals surface area contributed by atoms with Crippen molar-refractivity contribution in [2.75, 3.05) is 54.4 Å². The second-order valence-electron chi connectivity index (χ2n) is 6.04. The molecule has 1 N–H and O–H groups in total. The molecule has 28 heavy (non-hydrogen) atoms. The largest absolute Gasteiger partial charge is 0.512 e. The van der Waals surface area contributed by atoms with Crippen LogP contribution < -0.4 is 4.13 Å². The van der Waals surface area contributed by atoms with E-state index in [9.17, 15) is 43.2 Å². The van der Waals surface area contributed by atoms with Gasteiger partial charge in [0.15, 0.2) is 0 Å². The van der Waals surface area contributed by atoms with Crippen molar-refractivity contribution in [2.24, 2.45) is 0 Å². The quantitative estimate of drug-likeness (QED) is 0.452. The molecule has 0 saturated carbocycles. The van der Waals surface area contributed by atoms with E-state index in [0.717, 1.165) is 0 Å². The summed E-state index contributed by atoms with van der Waals surface area (Å²) in [5, 5.41) is 0. The molecule has 18 heteroatoms. The molecular formula is C10H21F6N5O4PS2+. The first-order chi connectivity index (χ1) is 12.3. The summed E-state index contributed by atoms with van der Waals surface area (Å²) in [6, 6.07) is 0. The summed E-state index contributed by atoms with van der Waals surface area (Å²) in [5.74, 6) is 0. The van der Waals surface area contributed by atoms with Crippen LogP contribution in [-0.2, 0) is 20.0 Å². The summed E-state index contributed by atoms with van der Waals surface area (Å²) in [7, 11) is -5.38. The zero-order chi connectivity index (χ0) is 22.3. The number of alkyl halides is 6. The Kier molecular flexibility index (Phi) is 7.44. The Morgan fingerprint density at radius 2 is 0.857 bits per heavy atom. The van der Waals surface area contributed by atoms with E-state index < -0.39 is 43.1 Å². The molecular weight excluding hydrogens is 463 g/mol. The Morgan fingerprint density at radius 1 is 0.643 bits per heavy atom. The van der Waals surface area contributed by atoms with Crippen LogP contribution in [0.25, 0.3) is 0 Å². The maximum Gasteiger partial charge on any atom is 0.512 e. The predicted octanol–water partition coefficient (Wildman–Crippen LogP) is 0.694. The molecule has 0 amide bonds. The van der Waals surface area contributed by atoms with E-state index >= 15 is 0 Å². The average Bonchev–Trinajstić information content (AvgIpc) is 2.94. The maximum atomic E-state index is 11.5. The summed E-state index contributed by atoms with van der Waals surface area (Å²) < 4.78 is 118. The highest BCUT2D eigenvalue weighted by Crippen LogP contribution is 2.72. The van der Waals surface area contributed by atoms with Crippen LogP contribution in [0, 0.1) is 0 Å². The van der Waals surface area contributed by atoms with Crippen molar-refractivity contribution in [3.63, 3.8) is 0 Å². The van der Waals surface area contributed by atoms with Crippen LogP contribution in [-0.4, -0.2) is 101 Å². The zero-order valence-electron chi connectivity index (χ0n) is 15.3. The second-order valence-corrected chi connectivity index (χ2v) is 13.5. The number of rotatable bonds is 2. The lowest BCUT2D eigenvalue weighted by Crippen LogP contribution is -2.45. The third-order valence-corrected chi connectivity index (χ3v) is 11.6. The van der Waals surface area contributed by atoms with Crippen LogP contribution in [0.5, 0.6) is 0 Å². The zero-order valence-corrected chi connectivity index (χ0v) is 17.8. The summed E-state index contributed by atoms with van der Waals surface area (Å²) in [6.45, 7) is 4.83. The normalized spacial score (nSPS) is 23.2. The fourth-order valence-corrected chi connectivity index (χ4v) is 9.39. The van der Waals surface area contributed by atoms with E-state index in [-0.39, 0.29) is 0 Å². The Labute approximate surface area is 159 Å². The van der Waals surface area contributed by atoms with Gasteiger partial charge >= 0.3 is 38.9 Å². The van der Waals surface area contributed by atoms with Crippen molar-refractivity contribution in [3.05, 3.63) is 0 Å². The van der Waals surface area contributed by atoms with E-state index in [1.54, 1.807) is 0 Å². The number of hydrogen-bond donors (Lipinski definition) is 1. The topological polar surface area (TPSA) is 93.3 Å². The minimum atomic E-state index is -6.60. The standard InChI is InChI=1S/C8H20N4P.C2HF6NO4S2/c1-9-5-6-10(2)13(9)11(3)7-8-12(13)4;3-1(4,5)14(10,11)9-15(12,13)2(6,7)8/h5-8H2,1-4H3;9H/q+1;. The molecule has 1 spiro atoms. The third-order valence-electron chi connectivity index (χ3n) is 4.16. The molecule has 0 atom stereocenters. The van der Waals surface area contributed by atoms with Gasteiger partial charge in [0.05, 0.1) is 26.2 Å². The lowest BCUT2D eigenvalue weighted by atomic mass is 10.6. The fraction of sp³-hybridized carbons (Fsp3) is 1.00. The lowest BCUT2D eigenvalue weighted by molar-refractivity contribution is -0.0476. The van der Waals surface area contributed by atoms with E-state index in [0.29, 0.717) is 0 Å². The van der Waals surface area contributed by atoms with Crippen molar-refractivity contribution < 1.29 is 43.2 Å². The van der Waals surface area contributed by atoms with Gasteiger partial charge in [-0.3, -0.25) is 0 Å². The Hall–Kier alpha value is -0.290. The van der Waals surface area contributed by atoms with Crippen molar-refractivity contribution in [1.29, 1.82) is 0 Å². The van der Waals surface area contributed by atoms with Gasteiger partial charge < -0.3 is 0 Å². The van der Waals surface area contributed by atoms with Gasteiger partial charge in [-0.2, -0.15) is 26.3 Å². The van der Waals surface area contributed by atoms with E-state index in [4.69, 9.17) is 0 Å². The first-order valence-electron chi connectivity index (χ1n) is 7.47. The SMILES string of the molecule is CN1CCN(C)[P+]12N(C)CCN2C.O=S(=O)(NS(=O)(=O)C(F)(F)F)C(F)(F)F. The highest BCUT2D eigenvalue weighted by Gasteiger charge is 2.63. The van der Waals surface area contributed by atoms with Gasteiger partial charge in [-0.05, 0) is 0 Å². The number of hydrogen-bond acceptors (Lipinski definition) is 8. The number of nitrogens with zero attached hydrogens (tertiary/aromatic N) is 4. The molecule has 9 nitrogen and oxygen atoms in total. The number of sulfonamides is 2. The molecule has 2 aliphatic rings. The van der Waals surface area contributed by atoms with Crippen molar-refractivity contribution in [2.45, 2.75) is 11.0 Å². The molecule has 0 aromatic carbocycles. The van der Waals surface area contributed by atoms with Crippen molar-refractivity contribution >= 4 is 27.9 Å². The van der Waals surface area contributed by atoms with Gasteiger partial charge in [0.2, 0.25) is 0 Å². The van der Waals surface area contributed by atoms with Gasteiger partial charge in [0.25, 0.3) is 0 Å². The lowest BCUT2D eigenvalue weighted by Gasteiger charge is -2.35. The Balaban J connectivity index is 0.000000281. The minimum absolute atomic E-state index is 0.493. The van der Waals surface area contributed by atoms with Gasteiger partial charge in [-0.25, -0.2) is 16.8 Å². The van der Waals surface area contributed by atoms with Gasteiger partial charge in [-0.15, -0.1) is 18.7 Å². The first-order valence-corrected chi connectivity index (χ1v) is 12.0. The molecule has 2 aliphatic heterocycles. The molecule has 168 valence electrons. The monoisotopic (exact) mass is 484 g/mol. The van der Waals surface area contributed by atoms with Crippen LogP contribution in [0.2, 0.25) is 0 Å². The first kappa shape index (κ1) is 25.7. The Bertz CT molecular complexity index is 687. The smallest absolute Gasteiger partial charge is 0.202 e. The molecule has 0 aromatic rings. The number of likely N-dealkylation sites (N-methyl/N-ethyl adjacent to an activating group) is 4. The molecule has 0 aliphatic carbocycles. The van der Waals surface area contributed by atoms with Gasteiger partial charge in [-0.1, -0.05) is 4.13 Å². The maximum absolute atomic E-state index is 11.5. The summed E-state index contributed by atoms with van der Waals surface area (Å²) in [5.41, 5.74) is -12.3. The highest BCUT2D eigenvalue weighted by atomic mass is 32.3. The van der Waals surface area contributed by atoms with Crippen LogP contribution in [0.15, 0.2) is 0 Å². The minimum Gasteiger partial charge on any atom is -0.202 e. The highest BCUT2D eigenvalue weighted by molar-refractivity contribution is 8.05. The Morgan fingerprint density at radius 3 is 1.04 bits per heavy atom. The van der Waals surface area contributed by atoms with Crippen LogP contribution in [0.3, 0.4) is 0 Å². The van der Waals surface area contributed by atoms with E-state index in [1.807, 2.05) is 0 Å². The summed E-state index contributed by atoms with van der Waals surface area (Å²) >= 11 is 0. The molecule has 2 rings (SSSR count). The third kappa shape index (κ3) is 4.71. The van der Waals surface area contributed by atoms with Crippen LogP contribution in [0.1, 0.15) is 0 Å². The molecule has 2 fully saturated rings. The van der Waals surface area contributed by atoms with Crippen LogP contribution in [0.4, 0.5) is 26.3 Å². The van der Waals surface area contributed by atoms with E-state index in [1.165, 1.54) is 26.2 Å². The number of nitrogens with one attached hydrogen (secondary N) is 1. The molecule has 0 bridgehead atoms. The number of halogens is 6. The predicted molar refractivity (Wildman–Crippen MR) is 90.5 cm³/mol. The molecule has 0 unspecified atom stereocenters. The summed E-state index contributed by atoms with van der Waals surface area (Å²) in [4.78, 5) is 0. The second kappa shape index (κ2) is 8.09.